The Morgan fingerprint density at radius 3 is 2.71 bits per heavy atom. The quantitative estimate of drug-likeness (QED) is 0.884. The second kappa shape index (κ2) is 5.87. The van der Waals surface area contributed by atoms with Gasteiger partial charge in [0, 0.05) is 17.9 Å². The molecule has 0 saturated carbocycles. The second-order valence-electron chi connectivity index (χ2n) is 5.26. The topological polar surface area (TPSA) is 90.0 Å². The molecule has 7 heteroatoms. The van der Waals surface area contributed by atoms with Crippen molar-refractivity contribution in [1.82, 2.24) is 9.55 Å². The van der Waals surface area contributed by atoms with E-state index >= 15 is 0 Å². The van der Waals surface area contributed by atoms with E-state index in [0.717, 1.165) is 5.69 Å². The van der Waals surface area contributed by atoms with Crippen LogP contribution in [0, 0.1) is 6.92 Å². The van der Waals surface area contributed by atoms with Crippen molar-refractivity contribution in [2.75, 3.05) is 5.32 Å². The fourth-order valence-corrected chi connectivity index (χ4v) is 2.95. The molecule has 0 aliphatic heterocycles. The van der Waals surface area contributed by atoms with Crippen molar-refractivity contribution in [3.63, 3.8) is 0 Å². The molecule has 0 unspecified atom stereocenters. The lowest BCUT2D eigenvalue weighted by Gasteiger charge is -2.13. The van der Waals surface area contributed by atoms with E-state index in [9.17, 15) is 8.42 Å². The molecule has 0 aliphatic carbocycles. The summed E-state index contributed by atoms with van der Waals surface area (Å²) in [6, 6.07) is 5.45. The summed E-state index contributed by atoms with van der Waals surface area (Å²) in [5.74, 6) is 0. The van der Waals surface area contributed by atoms with Gasteiger partial charge in [0.15, 0.2) is 0 Å². The first-order chi connectivity index (χ1) is 9.79. The molecule has 0 bridgehead atoms. The van der Waals surface area contributed by atoms with Gasteiger partial charge in [0.05, 0.1) is 23.5 Å². The molecular formula is C14H20N4O2S. The van der Waals surface area contributed by atoms with Crippen LogP contribution in [-0.4, -0.2) is 18.0 Å². The van der Waals surface area contributed by atoms with Gasteiger partial charge in [-0.15, -0.1) is 0 Å². The number of hydrogen-bond donors (Lipinski definition) is 2. The van der Waals surface area contributed by atoms with Crippen molar-refractivity contribution in [3.8, 4) is 0 Å². The van der Waals surface area contributed by atoms with Crippen molar-refractivity contribution in [3.05, 3.63) is 42.0 Å². The molecular weight excluding hydrogens is 288 g/mol. The Morgan fingerprint density at radius 2 is 2.10 bits per heavy atom. The van der Waals surface area contributed by atoms with E-state index in [1.165, 1.54) is 0 Å². The number of anilines is 1. The Kier molecular flexibility index (Phi) is 4.34. The Balaban J connectivity index is 2.19. The molecule has 0 fully saturated rings. The van der Waals surface area contributed by atoms with E-state index in [1.807, 2.05) is 6.07 Å². The van der Waals surface area contributed by atoms with Gasteiger partial charge in [-0.3, -0.25) is 0 Å². The Hall–Kier alpha value is -1.86. The van der Waals surface area contributed by atoms with E-state index in [-0.39, 0.29) is 4.90 Å². The van der Waals surface area contributed by atoms with Crippen molar-refractivity contribution in [1.29, 1.82) is 0 Å². The van der Waals surface area contributed by atoms with Crippen LogP contribution < -0.4 is 10.5 Å². The molecule has 3 N–H and O–H groups in total. The van der Waals surface area contributed by atoms with Crippen LogP contribution >= 0.6 is 0 Å². The summed E-state index contributed by atoms with van der Waals surface area (Å²) in [6.07, 6.45) is 3.58. The third kappa shape index (κ3) is 3.62. The van der Waals surface area contributed by atoms with E-state index in [1.54, 1.807) is 31.6 Å². The SMILES string of the molecule is Cc1ccc(NCc2cncn2C(C)C)cc1S(N)(=O)=O. The van der Waals surface area contributed by atoms with E-state index in [2.05, 4.69) is 28.7 Å². The lowest BCUT2D eigenvalue weighted by molar-refractivity contribution is 0.577. The zero-order valence-electron chi connectivity index (χ0n) is 12.4. The molecule has 114 valence electrons. The highest BCUT2D eigenvalue weighted by Crippen LogP contribution is 2.20. The number of primary sulfonamides is 1. The maximum atomic E-state index is 11.5. The number of aromatic nitrogens is 2. The number of aryl methyl sites for hydroxylation is 1. The predicted octanol–water partition coefficient (Wildman–Crippen LogP) is 2.03. The van der Waals surface area contributed by atoms with Crippen LogP contribution in [0.2, 0.25) is 0 Å². The molecule has 0 radical (unpaired) electrons. The van der Waals surface area contributed by atoms with Crippen LogP contribution in [0.25, 0.3) is 0 Å². The number of nitrogens with one attached hydrogen (secondary N) is 1. The summed E-state index contributed by atoms with van der Waals surface area (Å²) < 4.78 is 25.1. The molecule has 2 aromatic rings. The molecule has 1 aromatic heterocycles. The van der Waals surface area contributed by atoms with Crippen LogP contribution in [0.1, 0.15) is 31.1 Å². The molecule has 0 spiro atoms. The van der Waals surface area contributed by atoms with Crippen LogP contribution in [0.15, 0.2) is 35.6 Å². The average molecular weight is 308 g/mol. The fraction of sp³-hybridized carbons (Fsp3) is 0.357. The van der Waals surface area contributed by atoms with Crippen LogP contribution in [0.5, 0.6) is 0 Å². The molecule has 1 aromatic carbocycles. The van der Waals surface area contributed by atoms with Gasteiger partial charge < -0.3 is 9.88 Å². The lowest BCUT2D eigenvalue weighted by atomic mass is 10.2. The Labute approximate surface area is 125 Å². The molecule has 0 atom stereocenters. The summed E-state index contributed by atoms with van der Waals surface area (Å²) in [6.45, 7) is 6.44. The monoisotopic (exact) mass is 308 g/mol. The van der Waals surface area contributed by atoms with Gasteiger partial charge in [0.25, 0.3) is 0 Å². The first kappa shape index (κ1) is 15.5. The lowest BCUT2D eigenvalue weighted by Crippen LogP contribution is -2.14. The smallest absolute Gasteiger partial charge is 0.238 e. The average Bonchev–Trinajstić information content (AvgIpc) is 2.85. The highest BCUT2D eigenvalue weighted by atomic mass is 32.2. The summed E-state index contributed by atoms with van der Waals surface area (Å²) in [5, 5.41) is 8.41. The Bertz CT molecular complexity index is 735. The largest absolute Gasteiger partial charge is 0.379 e. The van der Waals surface area contributed by atoms with Crippen molar-refractivity contribution in [2.24, 2.45) is 5.14 Å². The molecule has 0 amide bonds. The van der Waals surface area contributed by atoms with Crippen LogP contribution in [0.4, 0.5) is 5.69 Å². The molecule has 6 nitrogen and oxygen atoms in total. The van der Waals surface area contributed by atoms with Crippen molar-refractivity contribution < 1.29 is 8.42 Å². The number of benzene rings is 1. The minimum atomic E-state index is -3.71. The number of nitrogens with two attached hydrogens (primary N) is 1. The number of sulfonamides is 1. The third-order valence-electron chi connectivity index (χ3n) is 3.27. The van der Waals surface area contributed by atoms with Gasteiger partial charge >= 0.3 is 0 Å². The maximum Gasteiger partial charge on any atom is 0.238 e. The third-order valence-corrected chi connectivity index (χ3v) is 4.32. The zero-order valence-corrected chi connectivity index (χ0v) is 13.2. The fourth-order valence-electron chi connectivity index (χ4n) is 2.14. The zero-order chi connectivity index (χ0) is 15.6. The van der Waals surface area contributed by atoms with Gasteiger partial charge in [0.1, 0.15) is 0 Å². The second-order valence-corrected chi connectivity index (χ2v) is 6.79. The van der Waals surface area contributed by atoms with E-state index in [4.69, 9.17) is 5.14 Å². The maximum absolute atomic E-state index is 11.5. The van der Waals surface area contributed by atoms with Gasteiger partial charge in [-0.05, 0) is 38.5 Å². The molecule has 1 heterocycles. The van der Waals surface area contributed by atoms with Crippen LogP contribution in [-0.2, 0) is 16.6 Å². The Morgan fingerprint density at radius 1 is 1.38 bits per heavy atom. The standard InChI is InChI=1S/C14H20N4O2S/c1-10(2)18-9-16-7-13(18)8-17-12-5-4-11(3)14(6-12)21(15,19)20/h4-7,9-10,17H,8H2,1-3H3,(H2,15,19,20). The summed E-state index contributed by atoms with van der Waals surface area (Å²) >= 11 is 0. The van der Waals surface area contributed by atoms with Crippen molar-refractivity contribution >= 4 is 15.7 Å². The molecule has 0 saturated heterocycles. The van der Waals surface area contributed by atoms with Crippen molar-refractivity contribution in [2.45, 2.75) is 38.3 Å². The number of nitrogens with zero attached hydrogens (tertiary/aromatic N) is 2. The molecule has 0 aliphatic rings. The first-order valence-corrected chi connectivity index (χ1v) is 8.21. The number of imidazole rings is 1. The van der Waals surface area contributed by atoms with Gasteiger partial charge in [-0.1, -0.05) is 6.07 Å². The highest BCUT2D eigenvalue weighted by molar-refractivity contribution is 7.89. The molecule has 2 rings (SSSR count). The normalized spacial score (nSPS) is 11.9. The van der Waals surface area contributed by atoms with Gasteiger partial charge in [-0.25, -0.2) is 18.5 Å². The minimum Gasteiger partial charge on any atom is -0.379 e. The van der Waals surface area contributed by atoms with Crippen LogP contribution in [0.3, 0.4) is 0 Å². The minimum absolute atomic E-state index is 0.143. The molecule has 21 heavy (non-hydrogen) atoms. The van der Waals surface area contributed by atoms with E-state index in [0.29, 0.717) is 23.8 Å². The first-order valence-electron chi connectivity index (χ1n) is 6.67. The summed E-state index contributed by atoms with van der Waals surface area (Å²) in [5.41, 5.74) is 2.37. The summed E-state index contributed by atoms with van der Waals surface area (Å²) in [4.78, 5) is 4.28. The highest BCUT2D eigenvalue weighted by Gasteiger charge is 2.12. The number of rotatable bonds is 5. The van der Waals surface area contributed by atoms with Gasteiger partial charge in [-0.2, -0.15) is 0 Å². The number of hydrogen-bond acceptors (Lipinski definition) is 4. The summed E-state index contributed by atoms with van der Waals surface area (Å²) in [7, 11) is -3.71. The van der Waals surface area contributed by atoms with E-state index < -0.39 is 10.0 Å². The predicted molar refractivity (Wildman–Crippen MR) is 82.5 cm³/mol. The van der Waals surface area contributed by atoms with Gasteiger partial charge in [0.2, 0.25) is 10.0 Å².